The van der Waals surface area contributed by atoms with Crippen molar-refractivity contribution in [2.45, 2.75) is 70.5 Å². The summed E-state index contributed by atoms with van der Waals surface area (Å²) in [5.74, 6) is -0.148. The van der Waals surface area contributed by atoms with Crippen molar-refractivity contribution in [1.82, 2.24) is 0 Å². The predicted octanol–water partition coefficient (Wildman–Crippen LogP) is 4.27. The molecule has 132 valence electrons. The van der Waals surface area contributed by atoms with Crippen molar-refractivity contribution in [3.05, 3.63) is 36.3 Å². The second-order valence-electron chi connectivity index (χ2n) is 6.43. The third-order valence-corrected chi connectivity index (χ3v) is 4.41. The molecule has 1 aliphatic carbocycles. The zero-order valence-corrected chi connectivity index (χ0v) is 14.5. The number of esters is 2. The summed E-state index contributed by atoms with van der Waals surface area (Å²) >= 11 is 0. The molecule has 2 rings (SSSR count). The third kappa shape index (κ3) is 4.49. The fraction of sp³-hybridized carbons (Fsp3) is 0.579. The monoisotopic (exact) mass is 334 g/mol. The van der Waals surface area contributed by atoms with Gasteiger partial charge in [-0.1, -0.05) is 19.9 Å². The normalized spacial score (nSPS) is 17.8. The van der Waals surface area contributed by atoms with E-state index in [1.165, 1.54) is 0 Å². The summed E-state index contributed by atoms with van der Waals surface area (Å²) in [6.07, 6.45) is 6.32. The van der Waals surface area contributed by atoms with E-state index in [1.54, 1.807) is 13.2 Å². The summed E-state index contributed by atoms with van der Waals surface area (Å²) in [5.41, 5.74) is -0.365. The van der Waals surface area contributed by atoms with E-state index in [9.17, 15) is 9.59 Å². The zero-order chi connectivity index (χ0) is 17.6. The van der Waals surface area contributed by atoms with E-state index in [4.69, 9.17) is 13.9 Å². The maximum Gasteiger partial charge on any atom is 0.333 e. The Kier molecular flexibility index (Phi) is 6.23. The molecular weight excluding hydrogens is 308 g/mol. The van der Waals surface area contributed by atoms with E-state index in [1.807, 2.05) is 19.1 Å². The second-order valence-corrected chi connectivity index (χ2v) is 6.43. The summed E-state index contributed by atoms with van der Waals surface area (Å²) in [4.78, 5) is 24.1. The molecule has 5 heteroatoms. The highest BCUT2D eigenvalue weighted by atomic mass is 16.6. The van der Waals surface area contributed by atoms with Crippen LogP contribution in [0.25, 0.3) is 0 Å². The maximum atomic E-state index is 12.5. The van der Waals surface area contributed by atoms with Gasteiger partial charge in [0.25, 0.3) is 0 Å². The van der Waals surface area contributed by atoms with Gasteiger partial charge in [0.1, 0.15) is 11.9 Å². The highest BCUT2D eigenvalue weighted by molar-refractivity contribution is 5.87. The summed E-state index contributed by atoms with van der Waals surface area (Å²) in [6, 6.07) is 3.67. The molecule has 0 spiro atoms. The number of ether oxygens (including phenoxy) is 2. The first-order valence-corrected chi connectivity index (χ1v) is 8.59. The number of hydrogen-bond acceptors (Lipinski definition) is 5. The van der Waals surface area contributed by atoms with Gasteiger partial charge in [0.2, 0.25) is 0 Å². The SMILES string of the molecule is C=C(C)C(=O)OC(CC)CC(=O)OC1(c2ccco2)CCCCC1. The minimum Gasteiger partial charge on any atom is -0.465 e. The maximum absolute atomic E-state index is 12.5. The van der Waals surface area contributed by atoms with Crippen molar-refractivity contribution < 1.29 is 23.5 Å². The molecule has 0 aromatic carbocycles. The van der Waals surface area contributed by atoms with Crippen molar-refractivity contribution in [2.24, 2.45) is 0 Å². The van der Waals surface area contributed by atoms with Crippen LogP contribution in [0.4, 0.5) is 0 Å². The molecule has 0 aliphatic heterocycles. The Labute approximate surface area is 143 Å². The molecule has 0 N–H and O–H groups in total. The molecule has 1 fully saturated rings. The molecule has 1 aromatic heterocycles. The minimum absolute atomic E-state index is 0.0397. The van der Waals surface area contributed by atoms with Crippen molar-refractivity contribution >= 4 is 11.9 Å². The van der Waals surface area contributed by atoms with Gasteiger partial charge in [0.15, 0.2) is 5.60 Å². The van der Waals surface area contributed by atoms with Crippen molar-refractivity contribution in [3.63, 3.8) is 0 Å². The molecule has 1 heterocycles. The molecule has 1 unspecified atom stereocenters. The zero-order valence-electron chi connectivity index (χ0n) is 14.5. The highest BCUT2D eigenvalue weighted by Gasteiger charge is 2.40. The molecule has 1 saturated carbocycles. The van der Waals surface area contributed by atoms with Crippen molar-refractivity contribution in [3.8, 4) is 0 Å². The lowest BCUT2D eigenvalue weighted by molar-refractivity contribution is -0.171. The fourth-order valence-electron chi connectivity index (χ4n) is 3.03. The molecule has 0 bridgehead atoms. The van der Waals surface area contributed by atoms with E-state index in [2.05, 4.69) is 6.58 Å². The number of furan rings is 1. The quantitative estimate of drug-likeness (QED) is 0.550. The highest BCUT2D eigenvalue weighted by Crippen LogP contribution is 2.41. The van der Waals surface area contributed by atoms with Gasteiger partial charge in [0.05, 0.1) is 12.7 Å². The Hall–Kier alpha value is -2.04. The summed E-state index contributed by atoms with van der Waals surface area (Å²) < 4.78 is 16.7. The van der Waals surface area contributed by atoms with Gasteiger partial charge >= 0.3 is 11.9 Å². The summed E-state index contributed by atoms with van der Waals surface area (Å²) in [6.45, 7) is 7.01. The van der Waals surface area contributed by atoms with Crippen LogP contribution >= 0.6 is 0 Å². The van der Waals surface area contributed by atoms with Gasteiger partial charge in [-0.25, -0.2) is 4.79 Å². The third-order valence-electron chi connectivity index (χ3n) is 4.41. The molecule has 5 nitrogen and oxygen atoms in total. The number of carbonyl (C=O) groups is 2. The lowest BCUT2D eigenvalue weighted by Gasteiger charge is -2.35. The second kappa shape index (κ2) is 8.18. The van der Waals surface area contributed by atoms with Crippen LogP contribution in [0.2, 0.25) is 0 Å². The summed E-state index contributed by atoms with van der Waals surface area (Å²) in [5, 5.41) is 0. The Morgan fingerprint density at radius 3 is 2.58 bits per heavy atom. The van der Waals surface area contributed by atoms with E-state index >= 15 is 0 Å². The lowest BCUT2D eigenvalue weighted by atomic mass is 9.82. The van der Waals surface area contributed by atoms with Crippen LogP contribution in [-0.2, 0) is 24.7 Å². The van der Waals surface area contributed by atoms with Gasteiger partial charge < -0.3 is 13.9 Å². The smallest absolute Gasteiger partial charge is 0.333 e. The van der Waals surface area contributed by atoms with Gasteiger partial charge in [-0.3, -0.25) is 4.79 Å². The molecule has 1 aliphatic rings. The molecule has 1 aromatic rings. The first kappa shape index (κ1) is 18.3. The average molecular weight is 334 g/mol. The Bertz CT molecular complexity index is 567. The Balaban J connectivity index is 2.02. The van der Waals surface area contributed by atoms with Crippen LogP contribution in [0.15, 0.2) is 35.0 Å². The molecule has 0 amide bonds. The number of carbonyl (C=O) groups excluding carboxylic acids is 2. The first-order valence-electron chi connectivity index (χ1n) is 8.59. The molecule has 24 heavy (non-hydrogen) atoms. The van der Waals surface area contributed by atoms with E-state index in [0.717, 1.165) is 32.1 Å². The lowest BCUT2D eigenvalue weighted by Crippen LogP contribution is -2.35. The van der Waals surface area contributed by atoms with Crippen LogP contribution in [0.5, 0.6) is 0 Å². The van der Waals surface area contributed by atoms with Gasteiger partial charge in [-0.15, -0.1) is 0 Å². The van der Waals surface area contributed by atoms with Gasteiger partial charge in [-0.05, 0) is 51.2 Å². The summed E-state index contributed by atoms with van der Waals surface area (Å²) in [7, 11) is 0. The van der Waals surface area contributed by atoms with Crippen LogP contribution in [0.1, 0.15) is 64.6 Å². The van der Waals surface area contributed by atoms with Crippen LogP contribution in [0, 0.1) is 0 Å². The minimum atomic E-state index is -0.685. The predicted molar refractivity (Wildman–Crippen MR) is 89.2 cm³/mol. The largest absolute Gasteiger partial charge is 0.465 e. The average Bonchev–Trinajstić information content (AvgIpc) is 3.10. The van der Waals surface area contributed by atoms with Crippen molar-refractivity contribution in [2.75, 3.05) is 0 Å². The molecule has 0 radical (unpaired) electrons. The molecular formula is C19H26O5. The van der Waals surface area contributed by atoms with Crippen LogP contribution in [-0.4, -0.2) is 18.0 Å². The number of rotatable bonds is 7. The standard InChI is InChI=1S/C19H26O5/c1-4-15(23-18(21)14(2)3)13-17(20)24-19(10-6-5-7-11-19)16-9-8-12-22-16/h8-9,12,15H,2,4-7,10-11,13H2,1,3H3. The van der Waals surface area contributed by atoms with Crippen molar-refractivity contribution in [1.29, 1.82) is 0 Å². The van der Waals surface area contributed by atoms with Crippen LogP contribution in [0.3, 0.4) is 0 Å². The van der Waals surface area contributed by atoms with Crippen LogP contribution < -0.4 is 0 Å². The number of hydrogen-bond donors (Lipinski definition) is 0. The molecule has 0 saturated heterocycles. The molecule has 1 atom stereocenters. The van der Waals surface area contributed by atoms with Gasteiger partial charge in [-0.2, -0.15) is 0 Å². The van der Waals surface area contributed by atoms with E-state index in [-0.39, 0.29) is 12.4 Å². The first-order chi connectivity index (χ1) is 11.5. The fourth-order valence-corrected chi connectivity index (χ4v) is 3.03. The van der Waals surface area contributed by atoms with Gasteiger partial charge in [0, 0.05) is 5.57 Å². The van der Waals surface area contributed by atoms with E-state index in [0.29, 0.717) is 17.8 Å². The topological polar surface area (TPSA) is 65.7 Å². The Morgan fingerprint density at radius 2 is 2.04 bits per heavy atom. The Morgan fingerprint density at radius 1 is 1.33 bits per heavy atom. The van der Waals surface area contributed by atoms with E-state index < -0.39 is 17.7 Å².